The zero-order valence-corrected chi connectivity index (χ0v) is 12.1. The normalized spacial score (nSPS) is 20.1. The van der Waals surface area contributed by atoms with Gasteiger partial charge in [-0.1, -0.05) is 18.9 Å². The average molecular weight is 275 g/mol. The van der Waals surface area contributed by atoms with E-state index in [1.807, 2.05) is 0 Å². The van der Waals surface area contributed by atoms with Gasteiger partial charge in [-0.2, -0.15) is 0 Å². The van der Waals surface area contributed by atoms with Crippen LogP contribution in [-0.2, 0) is 17.6 Å². The lowest BCUT2D eigenvalue weighted by Gasteiger charge is -2.17. The SMILES string of the molecule is OC(CNc1ccc2c(c1)CCC2)COC1CCCC1. The first kappa shape index (κ1) is 13.9. The van der Waals surface area contributed by atoms with Crippen LogP contribution in [0.2, 0.25) is 0 Å². The summed E-state index contributed by atoms with van der Waals surface area (Å²) in [5.41, 5.74) is 4.07. The molecule has 2 aliphatic carbocycles. The van der Waals surface area contributed by atoms with Gasteiger partial charge in [-0.3, -0.25) is 0 Å². The molecule has 0 heterocycles. The molecule has 1 atom stereocenters. The monoisotopic (exact) mass is 275 g/mol. The van der Waals surface area contributed by atoms with E-state index in [-0.39, 0.29) is 0 Å². The second kappa shape index (κ2) is 6.59. The molecule has 3 heteroatoms. The molecule has 0 radical (unpaired) electrons. The number of aryl methyl sites for hydroxylation is 2. The van der Waals surface area contributed by atoms with Crippen molar-refractivity contribution >= 4 is 5.69 Å². The van der Waals surface area contributed by atoms with Gasteiger partial charge in [0.15, 0.2) is 0 Å². The first-order valence-corrected chi connectivity index (χ1v) is 7.96. The van der Waals surface area contributed by atoms with E-state index in [9.17, 15) is 5.11 Å². The highest BCUT2D eigenvalue weighted by Gasteiger charge is 2.17. The molecule has 1 aromatic carbocycles. The molecule has 0 aliphatic heterocycles. The van der Waals surface area contributed by atoms with Crippen LogP contribution in [0.3, 0.4) is 0 Å². The molecule has 0 amide bonds. The Morgan fingerprint density at radius 3 is 2.80 bits per heavy atom. The lowest BCUT2D eigenvalue weighted by Crippen LogP contribution is -2.27. The first-order valence-electron chi connectivity index (χ1n) is 7.96. The highest BCUT2D eigenvalue weighted by molar-refractivity contribution is 5.50. The Morgan fingerprint density at radius 1 is 1.15 bits per heavy atom. The van der Waals surface area contributed by atoms with Crippen molar-refractivity contribution in [2.24, 2.45) is 0 Å². The summed E-state index contributed by atoms with van der Waals surface area (Å²) in [4.78, 5) is 0. The number of nitrogens with one attached hydrogen (secondary N) is 1. The molecule has 1 fully saturated rings. The summed E-state index contributed by atoms with van der Waals surface area (Å²) >= 11 is 0. The molecule has 0 aromatic heterocycles. The van der Waals surface area contributed by atoms with Crippen LogP contribution in [0, 0.1) is 0 Å². The van der Waals surface area contributed by atoms with Crippen molar-refractivity contribution in [3.8, 4) is 0 Å². The highest BCUT2D eigenvalue weighted by Crippen LogP contribution is 2.25. The van der Waals surface area contributed by atoms with E-state index in [4.69, 9.17) is 4.74 Å². The summed E-state index contributed by atoms with van der Waals surface area (Å²) in [6.45, 7) is 1.01. The predicted molar refractivity (Wildman–Crippen MR) is 81.2 cm³/mol. The van der Waals surface area contributed by atoms with Gasteiger partial charge in [0, 0.05) is 12.2 Å². The number of rotatable bonds is 6. The van der Waals surface area contributed by atoms with Crippen molar-refractivity contribution in [3.05, 3.63) is 29.3 Å². The van der Waals surface area contributed by atoms with Crippen molar-refractivity contribution < 1.29 is 9.84 Å². The van der Waals surface area contributed by atoms with Crippen LogP contribution in [0.25, 0.3) is 0 Å². The maximum absolute atomic E-state index is 9.98. The van der Waals surface area contributed by atoms with Crippen LogP contribution in [0.1, 0.15) is 43.2 Å². The maximum Gasteiger partial charge on any atom is 0.0945 e. The van der Waals surface area contributed by atoms with Crippen molar-refractivity contribution in [1.82, 2.24) is 0 Å². The number of benzene rings is 1. The molecule has 20 heavy (non-hydrogen) atoms. The summed E-state index contributed by atoms with van der Waals surface area (Å²) < 4.78 is 5.74. The molecule has 3 nitrogen and oxygen atoms in total. The van der Waals surface area contributed by atoms with E-state index in [0.29, 0.717) is 19.3 Å². The summed E-state index contributed by atoms with van der Waals surface area (Å²) in [6.07, 6.45) is 8.49. The third-order valence-electron chi connectivity index (χ3n) is 4.47. The topological polar surface area (TPSA) is 41.5 Å². The fourth-order valence-corrected chi connectivity index (χ4v) is 3.28. The minimum atomic E-state index is -0.427. The second-order valence-corrected chi connectivity index (χ2v) is 6.11. The van der Waals surface area contributed by atoms with Gasteiger partial charge in [0.05, 0.1) is 18.8 Å². The van der Waals surface area contributed by atoms with Crippen LogP contribution >= 0.6 is 0 Å². The zero-order valence-electron chi connectivity index (χ0n) is 12.1. The van der Waals surface area contributed by atoms with Crippen LogP contribution in [0.4, 0.5) is 5.69 Å². The van der Waals surface area contributed by atoms with Crippen molar-refractivity contribution in [2.45, 2.75) is 57.2 Å². The number of fused-ring (bicyclic) bond motifs is 1. The Balaban J connectivity index is 1.41. The number of hydrogen-bond acceptors (Lipinski definition) is 3. The minimum Gasteiger partial charge on any atom is -0.389 e. The second-order valence-electron chi connectivity index (χ2n) is 6.11. The smallest absolute Gasteiger partial charge is 0.0945 e. The quantitative estimate of drug-likeness (QED) is 0.839. The molecular weight excluding hydrogens is 250 g/mol. The van der Waals surface area contributed by atoms with Gasteiger partial charge in [0.25, 0.3) is 0 Å². The van der Waals surface area contributed by atoms with Crippen LogP contribution in [-0.4, -0.2) is 30.5 Å². The summed E-state index contributed by atoms with van der Waals surface area (Å²) in [7, 11) is 0. The molecule has 0 saturated heterocycles. The molecule has 2 N–H and O–H groups in total. The highest BCUT2D eigenvalue weighted by atomic mass is 16.5. The van der Waals surface area contributed by atoms with Gasteiger partial charge < -0.3 is 15.2 Å². The van der Waals surface area contributed by atoms with Crippen molar-refractivity contribution in [1.29, 1.82) is 0 Å². The summed E-state index contributed by atoms with van der Waals surface area (Å²) in [5, 5.41) is 13.3. The molecule has 1 unspecified atom stereocenters. The summed E-state index contributed by atoms with van der Waals surface area (Å²) in [6, 6.07) is 6.56. The lowest BCUT2D eigenvalue weighted by molar-refractivity contribution is -0.00117. The van der Waals surface area contributed by atoms with Gasteiger partial charge in [-0.25, -0.2) is 0 Å². The summed E-state index contributed by atoms with van der Waals surface area (Å²) in [5.74, 6) is 0. The number of ether oxygens (including phenoxy) is 1. The van der Waals surface area contributed by atoms with Crippen molar-refractivity contribution in [3.63, 3.8) is 0 Å². The van der Waals surface area contributed by atoms with Crippen LogP contribution in [0.5, 0.6) is 0 Å². The Labute approximate surface area is 121 Å². The number of anilines is 1. The fourth-order valence-electron chi connectivity index (χ4n) is 3.28. The Kier molecular flexibility index (Phi) is 4.58. The molecule has 0 bridgehead atoms. The first-order chi connectivity index (χ1) is 9.81. The Hall–Kier alpha value is -1.06. The molecule has 2 aliphatic rings. The number of aliphatic hydroxyl groups is 1. The van der Waals surface area contributed by atoms with Crippen LogP contribution < -0.4 is 5.32 Å². The minimum absolute atomic E-state index is 0.379. The number of aliphatic hydroxyl groups excluding tert-OH is 1. The van der Waals surface area contributed by atoms with E-state index in [1.165, 1.54) is 43.2 Å². The largest absolute Gasteiger partial charge is 0.389 e. The molecule has 3 rings (SSSR count). The molecule has 110 valence electrons. The van der Waals surface area contributed by atoms with E-state index in [1.54, 1.807) is 0 Å². The van der Waals surface area contributed by atoms with Crippen LogP contribution in [0.15, 0.2) is 18.2 Å². The Morgan fingerprint density at radius 2 is 1.95 bits per heavy atom. The van der Waals surface area contributed by atoms with E-state index < -0.39 is 6.10 Å². The fraction of sp³-hybridized carbons (Fsp3) is 0.647. The average Bonchev–Trinajstić information content (AvgIpc) is 3.13. The Bertz CT molecular complexity index is 441. The molecular formula is C17H25NO2. The van der Waals surface area contributed by atoms with Crippen molar-refractivity contribution in [2.75, 3.05) is 18.5 Å². The third-order valence-corrected chi connectivity index (χ3v) is 4.47. The van der Waals surface area contributed by atoms with Gasteiger partial charge >= 0.3 is 0 Å². The molecule has 1 aromatic rings. The number of hydrogen-bond donors (Lipinski definition) is 2. The van der Waals surface area contributed by atoms with Gasteiger partial charge in [-0.05, 0) is 55.4 Å². The van der Waals surface area contributed by atoms with E-state index >= 15 is 0 Å². The van der Waals surface area contributed by atoms with Gasteiger partial charge in [-0.15, -0.1) is 0 Å². The van der Waals surface area contributed by atoms with E-state index in [2.05, 4.69) is 23.5 Å². The third kappa shape index (κ3) is 3.53. The van der Waals surface area contributed by atoms with Gasteiger partial charge in [0.1, 0.15) is 0 Å². The standard InChI is InChI=1S/C17H25NO2/c19-16(12-20-17-6-1-2-7-17)11-18-15-9-8-13-4-3-5-14(13)10-15/h8-10,16-19H,1-7,11-12H2. The predicted octanol–water partition coefficient (Wildman–Crippen LogP) is 2.91. The lowest BCUT2D eigenvalue weighted by atomic mass is 10.1. The zero-order chi connectivity index (χ0) is 13.8. The molecule has 1 saturated carbocycles. The van der Waals surface area contributed by atoms with E-state index in [0.717, 1.165) is 18.5 Å². The molecule has 0 spiro atoms. The maximum atomic E-state index is 9.98. The van der Waals surface area contributed by atoms with Gasteiger partial charge in [0.2, 0.25) is 0 Å².